The SMILES string of the molecule is COc1ccc(NC(=O)N[C@@H]2CO[C@@H]3[C@@H]2OC[C@H]3OCC(N)=O)cc1. The molecule has 2 saturated heterocycles. The number of hydrogen-bond donors (Lipinski definition) is 3. The number of primary amides is 1. The lowest BCUT2D eigenvalue weighted by molar-refractivity contribution is -0.126. The first-order valence-electron chi connectivity index (χ1n) is 7.91. The summed E-state index contributed by atoms with van der Waals surface area (Å²) in [6, 6.07) is 6.34. The van der Waals surface area contributed by atoms with Gasteiger partial charge in [0.1, 0.15) is 30.7 Å². The van der Waals surface area contributed by atoms with E-state index in [9.17, 15) is 9.59 Å². The summed E-state index contributed by atoms with van der Waals surface area (Å²) >= 11 is 0. The number of nitrogens with two attached hydrogens (primary N) is 1. The van der Waals surface area contributed by atoms with Crippen molar-refractivity contribution in [1.29, 1.82) is 0 Å². The lowest BCUT2D eigenvalue weighted by Crippen LogP contribution is -2.46. The summed E-state index contributed by atoms with van der Waals surface area (Å²) in [6.07, 6.45) is -1.01. The number of hydrogen-bond acceptors (Lipinski definition) is 6. The summed E-state index contributed by atoms with van der Waals surface area (Å²) in [5.74, 6) is 0.161. The molecule has 3 rings (SSSR count). The van der Waals surface area contributed by atoms with E-state index in [4.69, 9.17) is 24.7 Å². The van der Waals surface area contributed by atoms with E-state index < -0.39 is 5.91 Å². The molecule has 1 aromatic carbocycles. The summed E-state index contributed by atoms with van der Waals surface area (Å²) < 4.78 is 21.8. The maximum absolute atomic E-state index is 12.2. The van der Waals surface area contributed by atoms with Crippen molar-refractivity contribution in [2.45, 2.75) is 24.4 Å². The van der Waals surface area contributed by atoms with Crippen LogP contribution in [-0.4, -0.2) is 63.2 Å². The molecule has 1 aromatic rings. The first kappa shape index (κ1) is 17.5. The van der Waals surface area contributed by atoms with E-state index in [2.05, 4.69) is 10.6 Å². The van der Waals surface area contributed by atoms with Crippen LogP contribution in [0.25, 0.3) is 0 Å². The van der Waals surface area contributed by atoms with Gasteiger partial charge in [0.05, 0.1) is 26.4 Å². The Morgan fingerprint density at radius 1 is 1.20 bits per heavy atom. The lowest BCUT2D eigenvalue weighted by atomic mass is 10.1. The zero-order valence-electron chi connectivity index (χ0n) is 13.8. The minimum atomic E-state index is -0.546. The number of urea groups is 1. The summed E-state index contributed by atoms with van der Waals surface area (Å²) in [4.78, 5) is 23.0. The number of benzene rings is 1. The molecule has 136 valence electrons. The molecule has 2 fully saturated rings. The van der Waals surface area contributed by atoms with Crippen LogP contribution >= 0.6 is 0 Å². The minimum absolute atomic E-state index is 0.184. The van der Waals surface area contributed by atoms with E-state index in [0.29, 0.717) is 24.7 Å². The number of rotatable bonds is 6. The maximum atomic E-state index is 12.2. The molecule has 2 heterocycles. The predicted octanol–water partition coefficient (Wildman–Crippen LogP) is -0.147. The van der Waals surface area contributed by atoms with Gasteiger partial charge >= 0.3 is 6.03 Å². The number of nitrogens with one attached hydrogen (secondary N) is 2. The van der Waals surface area contributed by atoms with Gasteiger partial charge in [0.15, 0.2) is 0 Å². The highest BCUT2D eigenvalue weighted by atomic mass is 16.6. The van der Waals surface area contributed by atoms with Crippen molar-refractivity contribution in [1.82, 2.24) is 5.32 Å². The van der Waals surface area contributed by atoms with Crippen LogP contribution in [0.5, 0.6) is 5.75 Å². The number of fused-ring (bicyclic) bond motifs is 1. The fraction of sp³-hybridized carbons (Fsp3) is 0.500. The third-order valence-electron chi connectivity index (χ3n) is 4.11. The van der Waals surface area contributed by atoms with Crippen molar-refractivity contribution < 1.29 is 28.5 Å². The molecule has 0 bridgehead atoms. The van der Waals surface area contributed by atoms with Gasteiger partial charge in [0.25, 0.3) is 0 Å². The molecule has 3 amide bonds. The van der Waals surface area contributed by atoms with Gasteiger partial charge in [-0.15, -0.1) is 0 Å². The van der Waals surface area contributed by atoms with Crippen LogP contribution in [0.2, 0.25) is 0 Å². The average Bonchev–Trinajstić information content (AvgIpc) is 3.17. The monoisotopic (exact) mass is 351 g/mol. The summed E-state index contributed by atoms with van der Waals surface area (Å²) in [7, 11) is 1.58. The molecule has 0 unspecified atom stereocenters. The molecule has 0 aliphatic carbocycles. The van der Waals surface area contributed by atoms with Gasteiger partial charge in [-0.1, -0.05) is 0 Å². The zero-order valence-corrected chi connectivity index (χ0v) is 13.8. The smallest absolute Gasteiger partial charge is 0.319 e. The van der Waals surface area contributed by atoms with Crippen molar-refractivity contribution in [3.05, 3.63) is 24.3 Å². The Balaban J connectivity index is 1.50. The minimum Gasteiger partial charge on any atom is -0.497 e. The second kappa shape index (κ2) is 7.68. The van der Waals surface area contributed by atoms with Crippen LogP contribution in [0.15, 0.2) is 24.3 Å². The first-order valence-corrected chi connectivity index (χ1v) is 7.91. The van der Waals surface area contributed by atoms with Crippen LogP contribution in [0, 0.1) is 0 Å². The van der Waals surface area contributed by atoms with Crippen molar-refractivity contribution in [2.75, 3.05) is 32.2 Å². The van der Waals surface area contributed by atoms with Gasteiger partial charge in [-0.05, 0) is 24.3 Å². The van der Waals surface area contributed by atoms with Crippen LogP contribution in [0.1, 0.15) is 0 Å². The zero-order chi connectivity index (χ0) is 17.8. The van der Waals surface area contributed by atoms with Crippen molar-refractivity contribution in [3.8, 4) is 5.75 Å². The number of anilines is 1. The molecule has 25 heavy (non-hydrogen) atoms. The second-order valence-corrected chi connectivity index (χ2v) is 5.85. The van der Waals surface area contributed by atoms with Crippen molar-refractivity contribution in [3.63, 3.8) is 0 Å². The van der Waals surface area contributed by atoms with E-state index in [1.54, 1.807) is 31.4 Å². The van der Waals surface area contributed by atoms with Gasteiger partial charge in [-0.2, -0.15) is 0 Å². The fourth-order valence-electron chi connectivity index (χ4n) is 2.93. The molecule has 4 N–H and O–H groups in total. The predicted molar refractivity (Wildman–Crippen MR) is 87.4 cm³/mol. The van der Waals surface area contributed by atoms with Gasteiger partial charge < -0.3 is 35.3 Å². The third kappa shape index (κ3) is 4.19. The Labute approximate surface area is 144 Å². The molecular formula is C16H21N3O6. The van der Waals surface area contributed by atoms with Crippen LogP contribution in [-0.2, 0) is 19.0 Å². The molecular weight excluding hydrogens is 330 g/mol. The molecule has 0 aromatic heterocycles. The van der Waals surface area contributed by atoms with E-state index in [1.807, 2.05) is 0 Å². The van der Waals surface area contributed by atoms with E-state index in [0.717, 1.165) is 0 Å². The molecule has 2 aliphatic rings. The lowest BCUT2D eigenvalue weighted by Gasteiger charge is -2.18. The molecule has 0 spiro atoms. The summed E-state index contributed by atoms with van der Waals surface area (Å²) in [5.41, 5.74) is 5.72. The number of carbonyl (C=O) groups excluding carboxylic acids is 2. The first-order chi connectivity index (χ1) is 12.1. The van der Waals surface area contributed by atoms with E-state index >= 15 is 0 Å². The Morgan fingerprint density at radius 3 is 2.60 bits per heavy atom. The molecule has 0 radical (unpaired) electrons. The maximum Gasteiger partial charge on any atom is 0.319 e. The van der Waals surface area contributed by atoms with Crippen LogP contribution in [0.4, 0.5) is 10.5 Å². The number of methoxy groups -OCH3 is 1. The largest absolute Gasteiger partial charge is 0.497 e. The molecule has 9 heteroatoms. The van der Waals surface area contributed by atoms with Gasteiger partial charge in [0, 0.05) is 5.69 Å². The van der Waals surface area contributed by atoms with Crippen LogP contribution < -0.4 is 21.1 Å². The molecule has 9 nitrogen and oxygen atoms in total. The normalized spacial score (nSPS) is 27.6. The highest BCUT2D eigenvalue weighted by Crippen LogP contribution is 2.29. The highest BCUT2D eigenvalue weighted by molar-refractivity contribution is 5.89. The Morgan fingerprint density at radius 2 is 1.92 bits per heavy atom. The van der Waals surface area contributed by atoms with Crippen LogP contribution in [0.3, 0.4) is 0 Å². The fourth-order valence-corrected chi connectivity index (χ4v) is 2.93. The third-order valence-corrected chi connectivity index (χ3v) is 4.11. The average molecular weight is 351 g/mol. The number of carbonyl (C=O) groups is 2. The standard InChI is InChI=1S/C16H21N3O6/c1-22-10-4-2-9(3-5-10)18-16(21)19-11-6-24-15-12(7-25-14(11)15)23-8-13(17)20/h2-5,11-12,14-15H,6-8H2,1H3,(H2,17,20)(H2,18,19,21)/t11-,12-,14-,15+/m1/s1. The number of ether oxygens (including phenoxy) is 4. The van der Waals surface area contributed by atoms with Crippen molar-refractivity contribution >= 4 is 17.6 Å². The quantitative estimate of drug-likeness (QED) is 0.656. The molecule has 0 saturated carbocycles. The van der Waals surface area contributed by atoms with E-state index in [1.165, 1.54) is 0 Å². The Kier molecular flexibility index (Phi) is 5.37. The Hall–Kier alpha value is -2.36. The summed E-state index contributed by atoms with van der Waals surface area (Å²) in [5, 5.41) is 5.58. The molecule has 2 aliphatic heterocycles. The molecule has 4 atom stereocenters. The highest BCUT2D eigenvalue weighted by Gasteiger charge is 2.48. The van der Waals surface area contributed by atoms with Gasteiger partial charge in [-0.3, -0.25) is 4.79 Å². The summed E-state index contributed by atoms with van der Waals surface area (Å²) in [6.45, 7) is 0.416. The Bertz CT molecular complexity index is 623. The van der Waals surface area contributed by atoms with E-state index in [-0.39, 0.29) is 37.0 Å². The van der Waals surface area contributed by atoms with Gasteiger partial charge in [0.2, 0.25) is 5.91 Å². The topological polar surface area (TPSA) is 121 Å². The second-order valence-electron chi connectivity index (χ2n) is 5.85. The van der Waals surface area contributed by atoms with Gasteiger partial charge in [-0.25, -0.2) is 4.79 Å². The number of amides is 3. The van der Waals surface area contributed by atoms with Crippen molar-refractivity contribution in [2.24, 2.45) is 5.73 Å².